The normalized spacial score (nSPS) is 26.2. The SMILES string of the molecule is CC(F)(c1ccc2c(c1)CCO2)C1CCCNC1. The highest BCUT2D eigenvalue weighted by atomic mass is 19.1. The molecule has 2 unspecified atom stereocenters. The molecular formula is C15H20FNO. The maximum atomic E-state index is 15.1. The topological polar surface area (TPSA) is 21.3 Å². The maximum Gasteiger partial charge on any atom is 0.137 e. The molecule has 2 heterocycles. The summed E-state index contributed by atoms with van der Waals surface area (Å²) in [6, 6.07) is 5.81. The van der Waals surface area contributed by atoms with Gasteiger partial charge in [0.1, 0.15) is 11.4 Å². The van der Waals surface area contributed by atoms with Crippen molar-refractivity contribution in [2.75, 3.05) is 19.7 Å². The molecule has 1 fully saturated rings. The molecule has 0 aromatic heterocycles. The Labute approximate surface area is 108 Å². The van der Waals surface area contributed by atoms with Crippen LogP contribution in [0, 0.1) is 5.92 Å². The number of ether oxygens (including phenoxy) is 1. The number of benzene rings is 1. The van der Waals surface area contributed by atoms with Gasteiger partial charge in [0.05, 0.1) is 6.61 Å². The van der Waals surface area contributed by atoms with Crippen molar-refractivity contribution >= 4 is 0 Å². The molecule has 0 aliphatic carbocycles. The number of fused-ring (bicyclic) bond motifs is 1. The van der Waals surface area contributed by atoms with Crippen molar-refractivity contribution in [2.24, 2.45) is 5.92 Å². The molecule has 3 rings (SSSR count). The third-order valence-electron chi connectivity index (χ3n) is 4.32. The molecule has 2 aliphatic heterocycles. The zero-order valence-corrected chi connectivity index (χ0v) is 10.8. The van der Waals surface area contributed by atoms with Gasteiger partial charge < -0.3 is 10.1 Å². The minimum Gasteiger partial charge on any atom is -0.493 e. The van der Waals surface area contributed by atoms with Crippen LogP contribution in [-0.2, 0) is 12.1 Å². The van der Waals surface area contributed by atoms with Crippen molar-refractivity contribution < 1.29 is 9.13 Å². The van der Waals surface area contributed by atoms with E-state index in [0.29, 0.717) is 0 Å². The molecular weight excluding hydrogens is 229 g/mol. The fourth-order valence-electron chi connectivity index (χ4n) is 3.04. The summed E-state index contributed by atoms with van der Waals surface area (Å²) >= 11 is 0. The summed E-state index contributed by atoms with van der Waals surface area (Å²) in [6.07, 6.45) is 2.94. The van der Waals surface area contributed by atoms with Crippen molar-refractivity contribution in [3.63, 3.8) is 0 Å². The number of halogens is 1. The van der Waals surface area contributed by atoms with Gasteiger partial charge in [0.2, 0.25) is 0 Å². The van der Waals surface area contributed by atoms with E-state index in [1.54, 1.807) is 6.92 Å². The standard InChI is InChI=1S/C15H20FNO/c1-15(16,13-3-2-7-17-10-13)12-4-5-14-11(9-12)6-8-18-14/h4-5,9,13,17H,2-3,6-8,10H2,1H3. The van der Waals surface area contributed by atoms with Gasteiger partial charge >= 0.3 is 0 Å². The van der Waals surface area contributed by atoms with E-state index in [1.165, 1.54) is 0 Å². The smallest absolute Gasteiger partial charge is 0.137 e. The van der Waals surface area contributed by atoms with E-state index in [9.17, 15) is 0 Å². The van der Waals surface area contributed by atoms with Gasteiger partial charge in [-0.3, -0.25) is 0 Å². The zero-order valence-electron chi connectivity index (χ0n) is 10.8. The maximum absolute atomic E-state index is 15.1. The van der Waals surface area contributed by atoms with Crippen LogP contribution in [0.4, 0.5) is 4.39 Å². The molecule has 2 nitrogen and oxygen atoms in total. The second-order valence-corrected chi connectivity index (χ2v) is 5.54. The van der Waals surface area contributed by atoms with Crippen molar-refractivity contribution in [3.8, 4) is 5.75 Å². The fourth-order valence-corrected chi connectivity index (χ4v) is 3.04. The minimum absolute atomic E-state index is 0.0756. The van der Waals surface area contributed by atoms with Crippen LogP contribution in [0.25, 0.3) is 0 Å². The lowest BCUT2D eigenvalue weighted by atomic mass is 9.80. The lowest BCUT2D eigenvalue weighted by Crippen LogP contribution is -2.40. The highest BCUT2D eigenvalue weighted by molar-refractivity contribution is 5.41. The third-order valence-corrected chi connectivity index (χ3v) is 4.32. The first-order chi connectivity index (χ1) is 8.68. The van der Waals surface area contributed by atoms with Crippen LogP contribution in [0.2, 0.25) is 0 Å². The van der Waals surface area contributed by atoms with Gasteiger partial charge in [-0.15, -0.1) is 0 Å². The van der Waals surface area contributed by atoms with Gasteiger partial charge in [-0.25, -0.2) is 4.39 Å². The van der Waals surface area contributed by atoms with E-state index in [1.807, 2.05) is 18.2 Å². The summed E-state index contributed by atoms with van der Waals surface area (Å²) < 4.78 is 20.6. The second-order valence-electron chi connectivity index (χ2n) is 5.54. The summed E-state index contributed by atoms with van der Waals surface area (Å²) in [5.74, 6) is 1.00. The monoisotopic (exact) mass is 249 g/mol. The quantitative estimate of drug-likeness (QED) is 0.870. The molecule has 1 aromatic rings. The Bertz CT molecular complexity index is 438. The Morgan fingerprint density at radius 2 is 2.33 bits per heavy atom. The lowest BCUT2D eigenvalue weighted by molar-refractivity contribution is 0.0811. The van der Waals surface area contributed by atoms with E-state index < -0.39 is 5.67 Å². The first-order valence-electron chi connectivity index (χ1n) is 6.84. The van der Waals surface area contributed by atoms with E-state index in [0.717, 1.165) is 55.8 Å². The average Bonchev–Trinajstić information content (AvgIpc) is 2.87. The van der Waals surface area contributed by atoms with Gasteiger partial charge in [0, 0.05) is 18.9 Å². The van der Waals surface area contributed by atoms with E-state index in [-0.39, 0.29) is 5.92 Å². The molecule has 2 aliphatic rings. The number of rotatable bonds is 2. The number of piperidine rings is 1. The Hall–Kier alpha value is -1.09. The summed E-state index contributed by atoms with van der Waals surface area (Å²) in [7, 11) is 0. The zero-order chi connectivity index (χ0) is 12.6. The summed E-state index contributed by atoms with van der Waals surface area (Å²) in [5.41, 5.74) is 0.714. The van der Waals surface area contributed by atoms with Gasteiger partial charge in [0.25, 0.3) is 0 Å². The molecule has 1 aromatic carbocycles. The van der Waals surface area contributed by atoms with Crippen LogP contribution >= 0.6 is 0 Å². The molecule has 0 spiro atoms. The number of hydrogen-bond acceptors (Lipinski definition) is 2. The van der Waals surface area contributed by atoms with Gasteiger partial charge in [-0.1, -0.05) is 6.07 Å². The number of hydrogen-bond donors (Lipinski definition) is 1. The highest BCUT2D eigenvalue weighted by Crippen LogP contribution is 2.39. The predicted molar refractivity (Wildman–Crippen MR) is 69.7 cm³/mol. The van der Waals surface area contributed by atoms with Crippen molar-refractivity contribution in [1.82, 2.24) is 5.32 Å². The summed E-state index contributed by atoms with van der Waals surface area (Å²) in [4.78, 5) is 0. The molecule has 1 saturated heterocycles. The average molecular weight is 249 g/mol. The van der Waals surface area contributed by atoms with Crippen molar-refractivity contribution in [2.45, 2.75) is 31.9 Å². The van der Waals surface area contributed by atoms with Crippen molar-refractivity contribution in [1.29, 1.82) is 0 Å². The van der Waals surface area contributed by atoms with Crippen LogP contribution in [0.1, 0.15) is 30.9 Å². The third kappa shape index (κ3) is 2.01. The highest BCUT2D eigenvalue weighted by Gasteiger charge is 2.37. The Morgan fingerprint density at radius 3 is 3.11 bits per heavy atom. The van der Waals surface area contributed by atoms with Crippen LogP contribution in [0.3, 0.4) is 0 Å². The molecule has 1 N–H and O–H groups in total. The van der Waals surface area contributed by atoms with Crippen LogP contribution in [0.5, 0.6) is 5.75 Å². The fraction of sp³-hybridized carbons (Fsp3) is 0.600. The molecule has 0 saturated carbocycles. The predicted octanol–water partition coefficient (Wildman–Crippen LogP) is 2.81. The summed E-state index contributed by atoms with van der Waals surface area (Å²) in [5, 5.41) is 3.30. The van der Waals surface area contributed by atoms with Gasteiger partial charge in [-0.05, 0) is 49.6 Å². The van der Waals surface area contributed by atoms with Crippen LogP contribution in [-0.4, -0.2) is 19.7 Å². The molecule has 2 atom stereocenters. The molecule has 0 amide bonds. The molecule has 18 heavy (non-hydrogen) atoms. The van der Waals surface area contributed by atoms with Gasteiger partial charge in [0.15, 0.2) is 0 Å². The van der Waals surface area contributed by atoms with Crippen LogP contribution < -0.4 is 10.1 Å². The Balaban J connectivity index is 1.87. The first-order valence-corrected chi connectivity index (χ1v) is 6.84. The van der Waals surface area contributed by atoms with E-state index >= 15 is 4.39 Å². The van der Waals surface area contributed by atoms with Crippen LogP contribution in [0.15, 0.2) is 18.2 Å². The second kappa shape index (κ2) is 4.54. The largest absolute Gasteiger partial charge is 0.493 e. The molecule has 0 radical (unpaired) electrons. The minimum atomic E-state index is -1.24. The van der Waals surface area contributed by atoms with Crippen molar-refractivity contribution in [3.05, 3.63) is 29.3 Å². The lowest BCUT2D eigenvalue weighted by Gasteiger charge is -2.34. The molecule has 0 bridgehead atoms. The number of nitrogens with one attached hydrogen (secondary N) is 1. The van der Waals surface area contributed by atoms with E-state index in [2.05, 4.69) is 5.32 Å². The first kappa shape index (κ1) is 12.0. The summed E-state index contributed by atoms with van der Waals surface area (Å²) in [6.45, 7) is 4.25. The Morgan fingerprint density at radius 1 is 1.44 bits per heavy atom. The molecule has 98 valence electrons. The Kier molecular flexibility index (Phi) is 3.02. The van der Waals surface area contributed by atoms with E-state index in [4.69, 9.17) is 4.74 Å². The number of alkyl halides is 1. The molecule has 3 heteroatoms. The van der Waals surface area contributed by atoms with Gasteiger partial charge in [-0.2, -0.15) is 0 Å².